The summed E-state index contributed by atoms with van der Waals surface area (Å²) in [7, 11) is 0. The molecule has 2 aromatic carbocycles. The maximum atomic E-state index is 16.7. The Morgan fingerprint density at radius 2 is 1.66 bits per heavy atom. The number of alkyl halides is 1. The highest BCUT2D eigenvalue weighted by atomic mass is 19.2. The quantitative estimate of drug-likeness (QED) is 0.365. The van der Waals surface area contributed by atoms with Crippen LogP contribution >= 0.6 is 0 Å². The molecule has 2 aliphatic rings. The highest BCUT2D eigenvalue weighted by molar-refractivity contribution is 5.75. The Morgan fingerprint density at radius 3 is 2.31 bits per heavy atom. The average Bonchev–Trinajstić information content (AvgIpc) is 3.34. The zero-order valence-electron chi connectivity index (χ0n) is 21.1. The Labute approximate surface area is 206 Å². The lowest BCUT2D eigenvalue weighted by molar-refractivity contribution is 0.283. The summed E-state index contributed by atoms with van der Waals surface area (Å²) in [6, 6.07) is 11.5. The second kappa shape index (κ2) is 9.11. The molecule has 5 rings (SSSR count). The highest BCUT2D eigenvalue weighted by Crippen LogP contribution is 2.51. The third-order valence-electron chi connectivity index (χ3n) is 7.95. The molecular weight excluding hydrogens is 443 g/mol. The number of pyridine rings is 1. The number of nitrogens with zero attached hydrogens (tertiary/aromatic N) is 1. The van der Waals surface area contributed by atoms with Crippen LogP contribution in [0.3, 0.4) is 0 Å². The van der Waals surface area contributed by atoms with Crippen molar-refractivity contribution in [3.05, 3.63) is 87.7 Å². The molecule has 0 spiro atoms. The SMILES string of the molecule is Cc1ccc([C@H](F)c2c(C3CCCC3)nc3c(c2-c2ccc(F)c(F)c2)[C@@H](C)CC(C)(C)C3)cc1. The van der Waals surface area contributed by atoms with E-state index in [1.807, 2.05) is 31.2 Å². The van der Waals surface area contributed by atoms with Gasteiger partial charge in [-0.1, -0.05) is 69.5 Å². The minimum atomic E-state index is -1.39. The first-order chi connectivity index (χ1) is 16.6. The standard InChI is InChI=1S/C31H34F3N/c1-18-9-11-20(12-10-18)29(34)28-27(22-13-14-23(32)24(33)15-22)26-19(2)16-31(3,4)17-25(26)35-30(28)21-7-5-6-8-21/h9-15,19,21,29H,5-8,16-17H2,1-4H3/t19-,29-/m0/s1. The Balaban J connectivity index is 1.84. The van der Waals surface area contributed by atoms with Crippen LogP contribution in [-0.2, 0) is 6.42 Å². The summed E-state index contributed by atoms with van der Waals surface area (Å²) >= 11 is 0. The van der Waals surface area contributed by atoms with E-state index >= 15 is 4.39 Å². The highest BCUT2D eigenvalue weighted by Gasteiger charge is 2.38. The van der Waals surface area contributed by atoms with E-state index in [2.05, 4.69) is 20.8 Å². The van der Waals surface area contributed by atoms with Crippen molar-refractivity contribution in [2.45, 2.75) is 84.2 Å². The van der Waals surface area contributed by atoms with Crippen molar-refractivity contribution < 1.29 is 13.2 Å². The fourth-order valence-electron chi connectivity index (χ4n) is 6.44. The third kappa shape index (κ3) is 4.52. The molecule has 4 heteroatoms. The molecule has 3 aromatic rings. The van der Waals surface area contributed by atoms with Gasteiger partial charge in [-0.25, -0.2) is 13.2 Å². The third-order valence-corrected chi connectivity index (χ3v) is 7.95. The van der Waals surface area contributed by atoms with E-state index in [-0.39, 0.29) is 17.3 Å². The zero-order chi connectivity index (χ0) is 24.9. The van der Waals surface area contributed by atoms with Gasteiger partial charge in [-0.2, -0.15) is 0 Å². The first kappa shape index (κ1) is 24.1. The average molecular weight is 478 g/mol. The molecule has 0 radical (unpaired) electrons. The van der Waals surface area contributed by atoms with Crippen LogP contribution in [0, 0.1) is 24.0 Å². The van der Waals surface area contributed by atoms with Gasteiger partial charge in [0.2, 0.25) is 0 Å². The van der Waals surface area contributed by atoms with E-state index in [1.54, 1.807) is 6.07 Å². The van der Waals surface area contributed by atoms with Crippen LogP contribution in [0.25, 0.3) is 11.1 Å². The lowest BCUT2D eigenvalue weighted by Gasteiger charge is -2.38. The van der Waals surface area contributed by atoms with Crippen molar-refractivity contribution in [3.8, 4) is 11.1 Å². The number of halogens is 3. The fraction of sp³-hybridized carbons (Fsp3) is 0.452. The molecule has 1 aromatic heterocycles. The van der Waals surface area contributed by atoms with Gasteiger partial charge < -0.3 is 0 Å². The van der Waals surface area contributed by atoms with Gasteiger partial charge in [0.25, 0.3) is 0 Å². The zero-order valence-corrected chi connectivity index (χ0v) is 21.1. The van der Waals surface area contributed by atoms with Gasteiger partial charge in [0, 0.05) is 17.2 Å². The van der Waals surface area contributed by atoms with Crippen molar-refractivity contribution >= 4 is 0 Å². The van der Waals surface area contributed by atoms with Crippen LogP contribution in [-0.4, -0.2) is 4.98 Å². The first-order valence-electron chi connectivity index (χ1n) is 12.9. The van der Waals surface area contributed by atoms with Crippen molar-refractivity contribution in [2.75, 3.05) is 0 Å². The minimum Gasteiger partial charge on any atom is -0.257 e. The molecule has 0 aliphatic heterocycles. The molecule has 2 atom stereocenters. The monoisotopic (exact) mass is 477 g/mol. The Hall–Kier alpha value is -2.62. The van der Waals surface area contributed by atoms with Gasteiger partial charge in [-0.15, -0.1) is 0 Å². The Kier molecular flexibility index (Phi) is 6.27. The lowest BCUT2D eigenvalue weighted by Crippen LogP contribution is -2.28. The molecule has 1 saturated carbocycles. The predicted molar refractivity (Wildman–Crippen MR) is 135 cm³/mol. The van der Waals surface area contributed by atoms with Gasteiger partial charge in [0.1, 0.15) is 0 Å². The number of aromatic nitrogens is 1. The van der Waals surface area contributed by atoms with E-state index in [0.29, 0.717) is 16.7 Å². The van der Waals surface area contributed by atoms with Crippen molar-refractivity contribution in [2.24, 2.45) is 5.41 Å². The normalized spacial score (nSPS) is 20.6. The Morgan fingerprint density at radius 1 is 0.971 bits per heavy atom. The summed E-state index contributed by atoms with van der Waals surface area (Å²) in [6.07, 6.45) is 4.51. The number of hydrogen-bond acceptors (Lipinski definition) is 1. The van der Waals surface area contributed by atoms with Crippen molar-refractivity contribution in [1.29, 1.82) is 0 Å². The largest absolute Gasteiger partial charge is 0.257 e. The second-order valence-corrected chi connectivity index (χ2v) is 11.5. The number of aryl methyl sites for hydroxylation is 1. The van der Waals surface area contributed by atoms with Crippen molar-refractivity contribution in [3.63, 3.8) is 0 Å². The number of fused-ring (bicyclic) bond motifs is 1. The summed E-state index contributed by atoms with van der Waals surface area (Å²) in [6.45, 7) is 8.64. The molecule has 0 bridgehead atoms. The summed E-state index contributed by atoms with van der Waals surface area (Å²) in [4.78, 5) is 5.22. The van der Waals surface area contributed by atoms with Crippen LogP contribution in [0.5, 0.6) is 0 Å². The van der Waals surface area contributed by atoms with Gasteiger partial charge in [0.05, 0.1) is 5.69 Å². The molecule has 0 unspecified atom stereocenters. The predicted octanol–water partition coefficient (Wildman–Crippen LogP) is 9.13. The van der Waals surface area contributed by atoms with E-state index in [4.69, 9.17) is 4.98 Å². The van der Waals surface area contributed by atoms with Gasteiger partial charge in [-0.05, 0) is 78.3 Å². The van der Waals surface area contributed by atoms with Crippen LogP contribution in [0.1, 0.15) is 105 Å². The molecule has 184 valence electrons. The molecule has 1 nitrogen and oxygen atoms in total. The van der Waals surface area contributed by atoms with Crippen LogP contribution in [0.2, 0.25) is 0 Å². The smallest absolute Gasteiger partial charge is 0.159 e. The van der Waals surface area contributed by atoms with E-state index in [9.17, 15) is 8.78 Å². The maximum Gasteiger partial charge on any atom is 0.159 e. The lowest BCUT2D eigenvalue weighted by atomic mass is 9.68. The van der Waals surface area contributed by atoms with Crippen LogP contribution in [0.15, 0.2) is 42.5 Å². The van der Waals surface area contributed by atoms with E-state index in [0.717, 1.165) is 72.7 Å². The topological polar surface area (TPSA) is 12.9 Å². The molecule has 1 heterocycles. The molecule has 0 N–H and O–H groups in total. The molecule has 35 heavy (non-hydrogen) atoms. The molecule has 0 amide bonds. The summed E-state index contributed by atoms with van der Waals surface area (Å²) < 4.78 is 45.2. The first-order valence-corrected chi connectivity index (χ1v) is 12.9. The molecule has 0 saturated heterocycles. The van der Waals surface area contributed by atoms with Gasteiger partial charge in [0.15, 0.2) is 17.8 Å². The second-order valence-electron chi connectivity index (χ2n) is 11.5. The van der Waals surface area contributed by atoms with Crippen LogP contribution in [0.4, 0.5) is 13.2 Å². The fourth-order valence-corrected chi connectivity index (χ4v) is 6.44. The Bertz CT molecular complexity index is 1240. The van der Waals surface area contributed by atoms with Gasteiger partial charge >= 0.3 is 0 Å². The maximum absolute atomic E-state index is 16.7. The molecular formula is C31H34F3N. The molecule has 1 fully saturated rings. The number of rotatable bonds is 4. The van der Waals surface area contributed by atoms with E-state index in [1.165, 1.54) is 6.07 Å². The van der Waals surface area contributed by atoms with Crippen molar-refractivity contribution in [1.82, 2.24) is 4.98 Å². The van der Waals surface area contributed by atoms with Gasteiger partial charge in [-0.3, -0.25) is 4.98 Å². The summed E-state index contributed by atoms with van der Waals surface area (Å²) in [5.74, 6) is -1.48. The number of benzene rings is 2. The summed E-state index contributed by atoms with van der Waals surface area (Å²) in [5.41, 5.74) is 6.35. The minimum absolute atomic E-state index is 0.0747. The van der Waals surface area contributed by atoms with E-state index < -0.39 is 17.8 Å². The number of hydrogen-bond donors (Lipinski definition) is 0. The molecule has 2 aliphatic carbocycles. The van der Waals surface area contributed by atoms with Crippen LogP contribution < -0.4 is 0 Å². The summed E-state index contributed by atoms with van der Waals surface area (Å²) in [5, 5.41) is 0.